The highest BCUT2D eigenvalue weighted by Crippen LogP contribution is 2.09. The van der Waals surface area contributed by atoms with Crippen LogP contribution < -0.4 is 10.6 Å². The number of nitrogens with zero attached hydrogens (tertiary/aromatic N) is 1. The molecular formula is C9H11N3O3S2. The normalized spacial score (nSPS) is 21.4. The van der Waals surface area contributed by atoms with E-state index in [9.17, 15) is 8.42 Å². The van der Waals surface area contributed by atoms with Crippen molar-refractivity contribution < 1.29 is 12.9 Å². The molecule has 1 aromatic heterocycles. The molecule has 0 fully saturated rings. The summed E-state index contributed by atoms with van der Waals surface area (Å²) < 4.78 is 27.2. The number of aryl methyl sites for hydroxylation is 1. The molecule has 1 aliphatic heterocycles. The zero-order chi connectivity index (χ0) is 12.5. The summed E-state index contributed by atoms with van der Waals surface area (Å²) in [7, 11) is -3.07. The summed E-state index contributed by atoms with van der Waals surface area (Å²) in [5, 5.41) is 10.9. The molecule has 2 N–H and O–H groups in total. The van der Waals surface area contributed by atoms with Gasteiger partial charge in [-0.3, -0.25) is 0 Å². The first kappa shape index (κ1) is 12.1. The fourth-order valence-corrected chi connectivity index (χ4v) is 2.90. The summed E-state index contributed by atoms with van der Waals surface area (Å²) in [5.41, 5.74) is 0. The number of sulfone groups is 1. The van der Waals surface area contributed by atoms with E-state index in [0.29, 0.717) is 16.7 Å². The van der Waals surface area contributed by atoms with E-state index >= 15 is 0 Å². The van der Waals surface area contributed by atoms with E-state index in [4.69, 9.17) is 16.7 Å². The van der Waals surface area contributed by atoms with Crippen molar-refractivity contribution in [3.63, 3.8) is 0 Å². The second-order valence-corrected chi connectivity index (χ2v) is 6.03. The van der Waals surface area contributed by atoms with Gasteiger partial charge in [-0.05, 0) is 25.2 Å². The summed E-state index contributed by atoms with van der Waals surface area (Å²) in [6.45, 7) is 1.76. The summed E-state index contributed by atoms with van der Waals surface area (Å²) in [6.07, 6.45) is 1.57. The van der Waals surface area contributed by atoms with Crippen molar-refractivity contribution in [1.29, 1.82) is 0 Å². The molecule has 0 unspecified atom stereocenters. The molecule has 6 nitrogen and oxygen atoms in total. The highest BCUT2D eigenvalue weighted by Gasteiger charge is 2.22. The third-order valence-corrected chi connectivity index (χ3v) is 3.73. The minimum atomic E-state index is -3.07. The molecule has 17 heavy (non-hydrogen) atoms. The van der Waals surface area contributed by atoms with Gasteiger partial charge < -0.3 is 15.2 Å². The van der Waals surface area contributed by atoms with Crippen molar-refractivity contribution >= 4 is 33.0 Å². The van der Waals surface area contributed by atoms with Crippen molar-refractivity contribution in [2.24, 2.45) is 0 Å². The van der Waals surface area contributed by atoms with Crippen LogP contribution in [0.5, 0.6) is 0 Å². The van der Waals surface area contributed by atoms with Crippen LogP contribution in [-0.4, -0.2) is 30.5 Å². The minimum Gasteiger partial charge on any atom is -0.360 e. The molecule has 1 atom stereocenters. The molecule has 0 aliphatic carbocycles. The number of nitrogens with one attached hydrogen (secondary N) is 2. The Balaban J connectivity index is 1.89. The standard InChI is InChI=1S/C9H11N3O3S2/c1-6-4-8(12-15-6)11-9(16)10-7-2-3-17(13,14)5-7/h2-4,7H,5H2,1H3,(H2,10,11,12,16)/t7-/m1/s1. The van der Waals surface area contributed by atoms with Crippen LogP contribution in [-0.2, 0) is 9.84 Å². The van der Waals surface area contributed by atoms with E-state index in [1.54, 1.807) is 19.1 Å². The Morgan fingerprint density at radius 2 is 2.41 bits per heavy atom. The molecule has 0 spiro atoms. The molecular weight excluding hydrogens is 262 g/mol. The lowest BCUT2D eigenvalue weighted by atomic mass is 10.3. The van der Waals surface area contributed by atoms with Crippen molar-refractivity contribution in [3.05, 3.63) is 23.3 Å². The van der Waals surface area contributed by atoms with Crippen LogP contribution in [0.15, 0.2) is 22.1 Å². The Hall–Kier alpha value is -1.41. The Kier molecular flexibility index (Phi) is 3.16. The van der Waals surface area contributed by atoms with Crippen molar-refractivity contribution in [2.75, 3.05) is 11.1 Å². The zero-order valence-corrected chi connectivity index (χ0v) is 10.6. The number of thiocarbonyl (C=S) groups is 1. The average Bonchev–Trinajstić information content (AvgIpc) is 2.73. The van der Waals surface area contributed by atoms with E-state index in [-0.39, 0.29) is 11.8 Å². The first-order chi connectivity index (χ1) is 7.94. The van der Waals surface area contributed by atoms with Crippen LogP contribution in [0, 0.1) is 6.92 Å². The predicted octanol–water partition coefficient (Wildman–Crippen LogP) is 0.580. The number of hydrogen-bond donors (Lipinski definition) is 2. The van der Waals surface area contributed by atoms with Crippen molar-refractivity contribution in [2.45, 2.75) is 13.0 Å². The fraction of sp³-hybridized carbons (Fsp3) is 0.333. The number of aromatic nitrogens is 1. The predicted molar refractivity (Wildman–Crippen MR) is 67.3 cm³/mol. The Bertz CT molecular complexity index is 562. The number of hydrogen-bond acceptors (Lipinski definition) is 5. The molecule has 0 aromatic carbocycles. The molecule has 2 heterocycles. The lowest BCUT2D eigenvalue weighted by Crippen LogP contribution is -2.38. The first-order valence-electron chi connectivity index (χ1n) is 4.86. The number of anilines is 1. The van der Waals surface area contributed by atoms with Gasteiger partial charge in [0.1, 0.15) is 5.76 Å². The second-order valence-electron chi connectivity index (χ2n) is 3.69. The van der Waals surface area contributed by atoms with Gasteiger partial charge in [0, 0.05) is 11.5 Å². The number of rotatable bonds is 2. The molecule has 0 saturated carbocycles. The summed E-state index contributed by atoms with van der Waals surface area (Å²) in [5.74, 6) is 1.18. The van der Waals surface area contributed by atoms with Gasteiger partial charge in [0.25, 0.3) is 0 Å². The first-order valence-corrected chi connectivity index (χ1v) is 6.99. The monoisotopic (exact) mass is 273 g/mol. The van der Waals surface area contributed by atoms with Gasteiger partial charge >= 0.3 is 0 Å². The molecule has 92 valence electrons. The SMILES string of the molecule is Cc1cc(NC(=S)N[C@@H]2C=CS(=O)(=O)C2)no1. The average molecular weight is 273 g/mol. The summed E-state index contributed by atoms with van der Waals surface area (Å²) in [6, 6.07) is 1.39. The second kappa shape index (κ2) is 4.46. The van der Waals surface area contributed by atoms with Crippen LogP contribution in [0.4, 0.5) is 5.82 Å². The van der Waals surface area contributed by atoms with Gasteiger partial charge in [-0.2, -0.15) is 0 Å². The van der Waals surface area contributed by atoms with Crippen LogP contribution in [0.2, 0.25) is 0 Å². The van der Waals surface area contributed by atoms with Gasteiger partial charge in [-0.1, -0.05) is 5.16 Å². The lowest BCUT2D eigenvalue weighted by molar-refractivity contribution is 0.400. The maximum atomic E-state index is 11.2. The largest absolute Gasteiger partial charge is 0.360 e. The van der Waals surface area contributed by atoms with E-state index in [0.717, 1.165) is 0 Å². The van der Waals surface area contributed by atoms with Crippen LogP contribution in [0.1, 0.15) is 5.76 Å². The van der Waals surface area contributed by atoms with Crippen LogP contribution >= 0.6 is 12.2 Å². The topological polar surface area (TPSA) is 84.2 Å². The summed E-state index contributed by atoms with van der Waals surface area (Å²) >= 11 is 5.02. The van der Waals surface area contributed by atoms with E-state index in [2.05, 4.69) is 15.8 Å². The molecule has 0 amide bonds. The zero-order valence-electron chi connectivity index (χ0n) is 9.00. The Morgan fingerprint density at radius 3 is 2.94 bits per heavy atom. The molecule has 8 heteroatoms. The molecule has 2 rings (SSSR count). The van der Waals surface area contributed by atoms with Crippen LogP contribution in [0.25, 0.3) is 0 Å². The molecule has 1 aromatic rings. The van der Waals surface area contributed by atoms with Gasteiger partial charge in [0.05, 0.1) is 11.8 Å². The van der Waals surface area contributed by atoms with Gasteiger partial charge in [0.2, 0.25) is 0 Å². The van der Waals surface area contributed by atoms with E-state index < -0.39 is 9.84 Å². The Labute approximate surface area is 104 Å². The third-order valence-electron chi connectivity index (χ3n) is 2.12. The van der Waals surface area contributed by atoms with E-state index in [1.807, 2.05) is 0 Å². The fourth-order valence-electron chi connectivity index (χ4n) is 1.41. The highest BCUT2D eigenvalue weighted by molar-refractivity contribution is 7.94. The molecule has 0 radical (unpaired) electrons. The quantitative estimate of drug-likeness (QED) is 0.762. The van der Waals surface area contributed by atoms with Gasteiger partial charge in [-0.25, -0.2) is 8.42 Å². The maximum Gasteiger partial charge on any atom is 0.175 e. The lowest BCUT2D eigenvalue weighted by Gasteiger charge is -2.12. The third kappa shape index (κ3) is 3.27. The molecule has 0 saturated heterocycles. The van der Waals surface area contributed by atoms with E-state index in [1.165, 1.54) is 5.41 Å². The van der Waals surface area contributed by atoms with Crippen molar-refractivity contribution in [1.82, 2.24) is 10.5 Å². The smallest absolute Gasteiger partial charge is 0.175 e. The Morgan fingerprint density at radius 1 is 1.65 bits per heavy atom. The van der Waals surface area contributed by atoms with Crippen molar-refractivity contribution in [3.8, 4) is 0 Å². The maximum absolute atomic E-state index is 11.2. The van der Waals surface area contributed by atoms with Crippen LogP contribution in [0.3, 0.4) is 0 Å². The molecule has 0 bridgehead atoms. The molecule has 1 aliphatic rings. The van der Waals surface area contributed by atoms with Gasteiger partial charge in [0.15, 0.2) is 20.8 Å². The van der Waals surface area contributed by atoms with Gasteiger partial charge in [-0.15, -0.1) is 0 Å². The minimum absolute atomic E-state index is 0.0205. The highest BCUT2D eigenvalue weighted by atomic mass is 32.2. The summed E-state index contributed by atoms with van der Waals surface area (Å²) in [4.78, 5) is 0.